The monoisotopic (exact) mass is 321 g/mol. The van der Waals surface area contributed by atoms with Crippen LogP contribution < -0.4 is 15.0 Å². The Bertz CT molecular complexity index is 718. The highest BCUT2D eigenvalue weighted by Crippen LogP contribution is 2.26. The minimum atomic E-state index is -2.52. The van der Waals surface area contributed by atoms with Gasteiger partial charge < -0.3 is 15.0 Å². The van der Waals surface area contributed by atoms with Crippen molar-refractivity contribution in [2.45, 2.75) is 6.43 Å². The van der Waals surface area contributed by atoms with E-state index in [9.17, 15) is 13.6 Å². The van der Waals surface area contributed by atoms with Crippen molar-refractivity contribution in [1.29, 1.82) is 0 Å². The zero-order chi connectivity index (χ0) is 16.4. The van der Waals surface area contributed by atoms with E-state index in [-0.39, 0.29) is 11.8 Å². The summed E-state index contributed by atoms with van der Waals surface area (Å²) in [7, 11) is 1.61. The summed E-state index contributed by atoms with van der Waals surface area (Å²) >= 11 is 0. The Morgan fingerprint density at radius 2 is 2.17 bits per heavy atom. The van der Waals surface area contributed by atoms with Crippen LogP contribution in [0.25, 0.3) is 10.9 Å². The van der Waals surface area contributed by atoms with Crippen LogP contribution in [0.2, 0.25) is 0 Å². The summed E-state index contributed by atoms with van der Waals surface area (Å²) in [5.74, 6) is 0.960. The average molecular weight is 321 g/mol. The minimum absolute atomic E-state index is 0.262. The van der Waals surface area contributed by atoms with Crippen LogP contribution in [-0.2, 0) is 4.79 Å². The topological polar surface area (TPSA) is 54.5 Å². The summed E-state index contributed by atoms with van der Waals surface area (Å²) < 4.78 is 29.3. The SMILES string of the molecule is COc1ccc2nc(N3CC(C(=O)NCC(F)F)C3)ccc2c1. The number of pyridine rings is 1. The van der Waals surface area contributed by atoms with Gasteiger partial charge in [-0.05, 0) is 30.3 Å². The van der Waals surface area contributed by atoms with E-state index < -0.39 is 13.0 Å². The number of carbonyl (C=O) groups is 1. The van der Waals surface area contributed by atoms with Crippen molar-refractivity contribution in [3.8, 4) is 5.75 Å². The lowest BCUT2D eigenvalue weighted by Crippen LogP contribution is -2.54. The molecule has 1 aliphatic rings. The zero-order valence-electron chi connectivity index (χ0n) is 12.6. The average Bonchev–Trinajstić information content (AvgIpc) is 2.51. The first-order valence-electron chi connectivity index (χ1n) is 7.32. The Labute approximate surface area is 132 Å². The van der Waals surface area contributed by atoms with Crippen LogP contribution in [0.3, 0.4) is 0 Å². The number of halogens is 2. The summed E-state index contributed by atoms with van der Waals surface area (Å²) in [4.78, 5) is 18.2. The second-order valence-electron chi connectivity index (χ2n) is 5.47. The molecule has 5 nitrogen and oxygen atoms in total. The third-order valence-corrected chi connectivity index (χ3v) is 3.89. The molecule has 7 heteroatoms. The van der Waals surface area contributed by atoms with Gasteiger partial charge in [-0.1, -0.05) is 0 Å². The highest BCUT2D eigenvalue weighted by atomic mass is 19.3. The highest BCUT2D eigenvalue weighted by Gasteiger charge is 2.33. The quantitative estimate of drug-likeness (QED) is 0.916. The highest BCUT2D eigenvalue weighted by molar-refractivity contribution is 5.84. The van der Waals surface area contributed by atoms with E-state index in [0.29, 0.717) is 13.1 Å². The molecular weight excluding hydrogens is 304 g/mol. The van der Waals surface area contributed by atoms with Crippen LogP contribution in [0.4, 0.5) is 14.6 Å². The second-order valence-corrected chi connectivity index (χ2v) is 5.47. The van der Waals surface area contributed by atoms with Gasteiger partial charge in [0.05, 0.1) is 25.1 Å². The molecule has 0 radical (unpaired) electrons. The number of nitrogens with one attached hydrogen (secondary N) is 1. The van der Waals surface area contributed by atoms with Crippen LogP contribution in [0.15, 0.2) is 30.3 Å². The molecule has 122 valence electrons. The number of ether oxygens (including phenoxy) is 1. The van der Waals surface area contributed by atoms with Gasteiger partial charge in [0, 0.05) is 18.5 Å². The van der Waals surface area contributed by atoms with Crippen molar-refractivity contribution >= 4 is 22.6 Å². The Hall–Kier alpha value is -2.44. The summed E-state index contributed by atoms with van der Waals surface area (Å²) in [5, 5.41) is 3.22. The molecule has 1 aromatic heterocycles. The largest absolute Gasteiger partial charge is 0.497 e. The number of rotatable bonds is 5. The van der Waals surface area contributed by atoms with E-state index in [4.69, 9.17) is 4.74 Å². The molecule has 1 saturated heterocycles. The van der Waals surface area contributed by atoms with Crippen LogP contribution in [0.1, 0.15) is 0 Å². The molecule has 0 aliphatic carbocycles. The third-order valence-electron chi connectivity index (χ3n) is 3.89. The molecule has 1 aromatic carbocycles. The van der Waals surface area contributed by atoms with E-state index in [1.54, 1.807) is 7.11 Å². The van der Waals surface area contributed by atoms with E-state index >= 15 is 0 Å². The van der Waals surface area contributed by atoms with Crippen molar-refractivity contribution in [2.75, 3.05) is 31.6 Å². The molecule has 1 fully saturated rings. The van der Waals surface area contributed by atoms with Gasteiger partial charge in [0.2, 0.25) is 5.91 Å². The summed E-state index contributed by atoms with van der Waals surface area (Å²) in [6.45, 7) is 0.388. The van der Waals surface area contributed by atoms with Crippen LogP contribution in [0, 0.1) is 5.92 Å². The van der Waals surface area contributed by atoms with Gasteiger partial charge in [-0.15, -0.1) is 0 Å². The van der Waals surface area contributed by atoms with Crippen molar-refractivity contribution < 1.29 is 18.3 Å². The fraction of sp³-hybridized carbons (Fsp3) is 0.375. The van der Waals surface area contributed by atoms with E-state index in [0.717, 1.165) is 22.5 Å². The molecule has 0 saturated carbocycles. The fourth-order valence-corrected chi connectivity index (χ4v) is 2.55. The Balaban J connectivity index is 1.63. The van der Waals surface area contributed by atoms with Gasteiger partial charge in [0.1, 0.15) is 11.6 Å². The molecule has 0 atom stereocenters. The predicted octanol–water partition coefficient (Wildman–Crippen LogP) is 2.06. The van der Waals surface area contributed by atoms with Crippen molar-refractivity contribution in [3.05, 3.63) is 30.3 Å². The molecule has 1 amide bonds. The predicted molar refractivity (Wildman–Crippen MR) is 83.0 cm³/mol. The van der Waals surface area contributed by atoms with Crippen LogP contribution >= 0.6 is 0 Å². The Morgan fingerprint density at radius 1 is 1.39 bits per heavy atom. The van der Waals surface area contributed by atoms with Crippen molar-refractivity contribution in [3.63, 3.8) is 0 Å². The number of alkyl halides is 2. The number of carbonyl (C=O) groups excluding carboxylic acids is 1. The van der Waals surface area contributed by atoms with Gasteiger partial charge in [-0.2, -0.15) is 0 Å². The summed E-state index contributed by atoms with van der Waals surface area (Å²) in [6.07, 6.45) is -2.52. The van der Waals surface area contributed by atoms with Crippen molar-refractivity contribution in [1.82, 2.24) is 10.3 Å². The zero-order valence-corrected chi connectivity index (χ0v) is 12.6. The number of fused-ring (bicyclic) bond motifs is 1. The summed E-state index contributed by atoms with van der Waals surface area (Å²) in [5.41, 5.74) is 0.842. The molecule has 23 heavy (non-hydrogen) atoms. The number of anilines is 1. The molecular formula is C16H17F2N3O2. The van der Waals surface area contributed by atoms with E-state index in [2.05, 4.69) is 10.3 Å². The molecule has 0 spiro atoms. The molecule has 0 unspecified atom stereocenters. The number of hydrogen-bond donors (Lipinski definition) is 1. The number of amides is 1. The van der Waals surface area contributed by atoms with Gasteiger partial charge in [0.25, 0.3) is 6.43 Å². The number of methoxy groups -OCH3 is 1. The lowest BCUT2D eigenvalue weighted by Gasteiger charge is -2.39. The number of aromatic nitrogens is 1. The second kappa shape index (κ2) is 6.36. The Morgan fingerprint density at radius 3 is 2.87 bits per heavy atom. The standard InChI is InChI=1S/C16H17F2N3O2/c1-23-12-3-4-13-10(6-12)2-5-15(20-13)21-8-11(9-21)16(22)19-7-14(17)18/h2-6,11,14H,7-9H2,1H3,(H,19,22). The first kappa shape index (κ1) is 15.5. The third kappa shape index (κ3) is 3.33. The molecule has 2 heterocycles. The van der Waals surface area contributed by atoms with Crippen LogP contribution in [-0.4, -0.2) is 44.1 Å². The van der Waals surface area contributed by atoms with Crippen molar-refractivity contribution in [2.24, 2.45) is 5.92 Å². The van der Waals surface area contributed by atoms with E-state index in [1.807, 2.05) is 35.2 Å². The maximum Gasteiger partial charge on any atom is 0.255 e. The molecule has 1 N–H and O–H groups in total. The summed E-state index contributed by atoms with van der Waals surface area (Å²) in [6, 6.07) is 9.46. The lowest BCUT2D eigenvalue weighted by molar-refractivity contribution is -0.126. The van der Waals surface area contributed by atoms with Gasteiger partial charge in [-0.3, -0.25) is 4.79 Å². The van der Waals surface area contributed by atoms with Gasteiger partial charge in [-0.25, -0.2) is 13.8 Å². The smallest absolute Gasteiger partial charge is 0.255 e. The number of benzene rings is 1. The maximum absolute atomic E-state index is 12.1. The lowest BCUT2D eigenvalue weighted by atomic mass is 9.99. The first-order chi connectivity index (χ1) is 11.1. The number of hydrogen-bond acceptors (Lipinski definition) is 4. The fourth-order valence-electron chi connectivity index (χ4n) is 2.55. The first-order valence-corrected chi connectivity index (χ1v) is 7.32. The molecule has 1 aliphatic heterocycles. The van der Waals surface area contributed by atoms with E-state index in [1.165, 1.54) is 0 Å². The molecule has 2 aromatic rings. The van der Waals surface area contributed by atoms with Gasteiger partial charge >= 0.3 is 0 Å². The van der Waals surface area contributed by atoms with Crippen LogP contribution in [0.5, 0.6) is 5.75 Å². The Kier molecular flexibility index (Phi) is 4.27. The minimum Gasteiger partial charge on any atom is -0.497 e. The normalized spacial score (nSPS) is 14.9. The molecule has 3 rings (SSSR count). The van der Waals surface area contributed by atoms with Gasteiger partial charge in [0.15, 0.2) is 0 Å². The maximum atomic E-state index is 12.1. The molecule has 0 bridgehead atoms. The number of nitrogens with zero attached hydrogens (tertiary/aromatic N) is 2.